The molecule has 150 valence electrons. The fourth-order valence-electron chi connectivity index (χ4n) is 2.80. The van der Waals surface area contributed by atoms with E-state index in [1.807, 2.05) is 48.5 Å². The number of hydrogen-bond donors (Lipinski definition) is 2. The van der Waals surface area contributed by atoms with Gasteiger partial charge in [-0.3, -0.25) is 0 Å². The van der Waals surface area contributed by atoms with E-state index in [0.29, 0.717) is 29.2 Å². The van der Waals surface area contributed by atoms with E-state index in [-0.39, 0.29) is 0 Å². The van der Waals surface area contributed by atoms with E-state index in [9.17, 15) is 15.0 Å². The zero-order valence-electron chi connectivity index (χ0n) is 16.4. The number of benzene rings is 3. The summed E-state index contributed by atoms with van der Waals surface area (Å²) in [5.74, 6) is -0.248. The summed E-state index contributed by atoms with van der Waals surface area (Å²) in [5, 5.41) is 20.3. The van der Waals surface area contributed by atoms with Crippen molar-refractivity contribution >= 4 is 5.97 Å². The van der Waals surface area contributed by atoms with Crippen molar-refractivity contribution in [3.8, 4) is 11.5 Å². The normalized spacial score (nSPS) is 12.2. The molecule has 0 heterocycles. The first-order chi connectivity index (χ1) is 13.9. The standard InChI is InChI=1S/C24H24O5/c1-24(2,23(26)27)29-21-14-13-19(28-16-17-9-5-3-6-10-17)15-20(21)22(25)18-11-7-4-8-12-18/h3-15,22,25H,16H2,1-2H3,(H,26,27). The minimum absolute atomic E-state index is 0.292. The van der Waals surface area contributed by atoms with Crippen LogP contribution in [0.25, 0.3) is 0 Å². The molecule has 5 nitrogen and oxygen atoms in total. The largest absolute Gasteiger partial charge is 0.489 e. The van der Waals surface area contributed by atoms with Crippen molar-refractivity contribution in [2.75, 3.05) is 0 Å². The van der Waals surface area contributed by atoms with Crippen LogP contribution >= 0.6 is 0 Å². The van der Waals surface area contributed by atoms with Gasteiger partial charge in [0, 0.05) is 5.56 Å². The molecule has 3 aromatic carbocycles. The van der Waals surface area contributed by atoms with Gasteiger partial charge in [-0.25, -0.2) is 4.79 Å². The number of rotatable bonds is 8. The summed E-state index contributed by atoms with van der Waals surface area (Å²) in [6, 6.07) is 23.9. The maximum atomic E-state index is 11.5. The monoisotopic (exact) mass is 392 g/mol. The zero-order valence-corrected chi connectivity index (χ0v) is 16.4. The minimum Gasteiger partial charge on any atom is -0.489 e. The van der Waals surface area contributed by atoms with Crippen molar-refractivity contribution in [3.05, 3.63) is 95.6 Å². The van der Waals surface area contributed by atoms with Crippen LogP contribution in [0, 0.1) is 0 Å². The van der Waals surface area contributed by atoms with Crippen LogP contribution in [-0.4, -0.2) is 21.8 Å². The molecule has 0 amide bonds. The highest BCUT2D eigenvalue weighted by Gasteiger charge is 2.31. The third-order valence-corrected chi connectivity index (χ3v) is 4.52. The van der Waals surface area contributed by atoms with Crippen molar-refractivity contribution in [2.45, 2.75) is 32.2 Å². The molecular weight excluding hydrogens is 368 g/mol. The van der Waals surface area contributed by atoms with Crippen LogP contribution in [0.4, 0.5) is 0 Å². The van der Waals surface area contributed by atoms with Crippen molar-refractivity contribution in [3.63, 3.8) is 0 Å². The lowest BCUT2D eigenvalue weighted by Crippen LogP contribution is -2.38. The number of carbonyl (C=O) groups is 1. The van der Waals surface area contributed by atoms with Gasteiger partial charge in [-0.15, -0.1) is 0 Å². The van der Waals surface area contributed by atoms with Gasteiger partial charge in [0.2, 0.25) is 0 Å². The quantitative estimate of drug-likeness (QED) is 0.586. The Hall–Kier alpha value is -3.31. The first-order valence-corrected chi connectivity index (χ1v) is 9.33. The Morgan fingerprint density at radius 2 is 1.59 bits per heavy atom. The summed E-state index contributed by atoms with van der Waals surface area (Å²) < 4.78 is 11.6. The Bertz CT molecular complexity index is 952. The van der Waals surface area contributed by atoms with Gasteiger partial charge < -0.3 is 19.7 Å². The van der Waals surface area contributed by atoms with Crippen LogP contribution in [0.1, 0.15) is 36.6 Å². The third-order valence-electron chi connectivity index (χ3n) is 4.52. The summed E-state index contributed by atoms with van der Waals surface area (Å²) in [5.41, 5.74) is 0.684. The molecule has 0 radical (unpaired) electrons. The van der Waals surface area contributed by atoms with E-state index in [4.69, 9.17) is 9.47 Å². The van der Waals surface area contributed by atoms with E-state index < -0.39 is 17.7 Å². The molecule has 0 bridgehead atoms. The summed E-state index contributed by atoms with van der Waals surface area (Å²) >= 11 is 0. The fourth-order valence-corrected chi connectivity index (χ4v) is 2.80. The van der Waals surface area contributed by atoms with Gasteiger partial charge in [0.15, 0.2) is 5.60 Å². The Labute approximate surface area is 170 Å². The number of hydrogen-bond acceptors (Lipinski definition) is 4. The average Bonchev–Trinajstić information content (AvgIpc) is 2.73. The number of aliphatic hydroxyl groups excluding tert-OH is 1. The van der Waals surface area contributed by atoms with Crippen molar-refractivity contribution in [1.29, 1.82) is 0 Å². The van der Waals surface area contributed by atoms with E-state index in [2.05, 4.69) is 0 Å². The lowest BCUT2D eigenvalue weighted by molar-refractivity contribution is -0.152. The van der Waals surface area contributed by atoms with Crippen molar-refractivity contribution < 1.29 is 24.5 Å². The smallest absolute Gasteiger partial charge is 0.347 e. The highest BCUT2D eigenvalue weighted by molar-refractivity contribution is 5.77. The summed E-state index contributed by atoms with van der Waals surface area (Å²) in [7, 11) is 0. The van der Waals surface area contributed by atoms with Gasteiger partial charge in [-0.1, -0.05) is 60.7 Å². The van der Waals surface area contributed by atoms with Gasteiger partial charge in [-0.05, 0) is 43.2 Å². The Morgan fingerprint density at radius 1 is 0.966 bits per heavy atom. The molecule has 3 aromatic rings. The number of ether oxygens (including phenoxy) is 2. The molecule has 1 unspecified atom stereocenters. The predicted molar refractivity (Wildman–Crippen MR) is 110 cm³/mol. The molecule has 0 spiro atoms. The van der Waals surface area contributed by atoms with Crippen molar-refractivity contribution in [1.82, 2.24) is 0 Å². The summed E-state index contributed by atoms with van der Waals surface area (Å²) in [4.78, 5) is 11.5. The van der Waals surface area contributed by atoms with Gasteiger partial charge in [0.1, 0.15) is 24.2 Å². The topological polar surface area (TPSA) is 76.0 Å². The van der Waals surface area contributed by atoms with E-state index in [0.717, 1.165) is 5.56 Å². The van der Waals surface area contributed by atoms with Crippen LogP contribution < -0.4 is 9.47 Å². The van der Waals surface area contributed by atoms with E-state index in [1.165, 1.54) is 13.8 Å². The third kappa shape index (κ3) is 5.15. The highest BCUT2D eigenvalue weighted by Crippen LogP contribution is 2.35. The maximum Gasteiger partial charge on any atom is 0.347 e. The summed E-state index contributed by atoms with van der Waals surface area (Å²) in [6.45, 7) is 3.31. The molecule has 0 aliphatic heterocycles. The molecule has 0 fully saturated rings. The van der Waals surface area contributed by atoms with Gasteiger partial charge >= 0.3 is 5.97 Å². The Balaban J connectivity index is 1.92. The molecular formula is C24H24O5. The summed E-state index contributed by atoms with van der Waals surface area (Å²) in [6.07, 6.45) is -0.990. The Morgan fingerprint density at radius 3 is 2.21 bits per heavy atom. The number of aliphatic hydroxyl groups is 1. The second-order valence-corrected chi connectivity index (χ2v) is 7.20. The predicted octanol–water partition coefficient (Wildman–Crippen LogP) is 4.59. The number of carboxylic acids is 1. The molecule has 0 aliphatic carbocycles. The molecule has 0 aromatic heterocycles. The molecule has 5 heteroatoms. The molecule has 3 rings (SSSR count). The fraction of sp³-hybridized carbons (Fsp3) is 0.208. The minimum atomic E-state index is -1.45. The SMILES string of the molecule is CC(C)(Oc1ccc(OCc2ccccc2)cc1C(O)c1ccccc1)C(=O)O. The van der Waals surface area contributed by atoms with Gasteiger partial charge in [-0.2, -0.15) is 0 Å². The lowest BCUT2D eigenvalue weighted by atomic mass is 10.00. The molecule has 0 saturated heterocycles. The van der Waals surface area contributed by atoms with Crippen LogP contribution in [0.5, 0.6) is 11.5 Å². The second-order valence-electron chi connectivity index (χ2n) is 7.20. The average molecular weight is 392 g/mol. The van der Waals surface area contributed by atoms with Crippen LogP contribution in [0.15, 0.2) is 78.9 Å². The number of carboxylic acid groups (broad SMARTS) is 1. The second kappa shape index (κ2) is 8.80. The first kappa shape index (κ1) is 20.4. The van der Waals surface area contributed by atoms with Gasteiger partial charge in [0.25, 0.3) is 0 Å². The van der Waals surface area contributed by atoms with Crippen LogP contribution in [-0.2, 0) is 11.4 Å². The zero-order chi connectivity index (χ0) is 20.9. The number of aliphatic carboxylic acids is 1. The molecule has 29 heavy (non-hydrogen) atoms. The molecule has 2 N–H and O–H groups in total. The lowest BCUT2D eigenvalue weighted by Gasteiger charge is -2.25. The maximum absolute atomic E-state index is 11.5. The van der Waals surface area contributed by atoms with E-state index >= 15 is 0 Å². The highest BCUT2D eigenvalue weighted by atomic mass is 16.5. The van der Waals surface area contributed by atoms with Crippen molar-refractivity contribution in [2.24, 2.45) is 0 Å². The molecule has 0 saturated carbocycles. The first-order valence-electron chi connectivity index (χ1n) is 9.33. The molecule has 0 aliphatic rings. The molecule has 1 atom stereocenters. The van der Waals surface area contributed by atoms with Gasteiger partial charge in [0.05, 0.1) is 0 Å². The van der Waals surface area contributed by atoms with Crippen LogP contribution in [0.3, 0.4) is 0 Å². The van der Waals surface area contributed by atoms with E-state index in [1.54, 1.807) is 30.3 Å². The Kier molecular flexibility index (Phi) is 6.20. The van der Waals surface area contributed by atoms with Crippen LogP contribution in [0.2, 0.25) is 0 Å².